The minimum Gasteiger partial charge on any atom is -0.444 e. The Morgan fingerprint density at radius 1 is 1.26 bits per heavy atom. The molecule has 0 saturated carbocycles. The van der Waals surface area contributed by atoms with Gasteiger partial charge in [-0.1, -0.05) is 53.5 Å². The molecule has 98 valence electrons. The number of nitrogens with zero attached hydrogens (tertiary/aromatic N) is 1. The third kappa shape index (κ3) is 4.12. The molecule has 0 fully saturated rings. The Morgan fingerprint density at radius 2 is 2.00 bits per heavy atom. The van der Waals surface area contributed by atoms with Crippen LogP contribution < -0.4 is 5.32 Å². The topological polar surface area (TPSA) is 51.2 Å². The van der Waals surface area contributed by atoms with Gasteiger partial charge in [0.15, 0.2) is 0 Å². The SMILES string of the molecule is O=C(Nc1cc(Cl)ncc1Cl)OCc1ccccc1. The van der Waals surface area contributed by atoms with Crippen molar-refractivity contribution < 1.29 is 9.53 Å². The lowest BCUT2D eigenvalue weighted by Crippen LogP contribution is -2.13. The first kappa shape index (κ1) is 13.6. The van der Waals surface area contributed by atoms with E-state index in [0.29, 0.717) is 10.7 Å². The minimum atomic E-state index is -0.604. The molecule has 0 aliphatic heterocycles. The van der Waals surface area contributed by atoms with Gasteiger partial charge in [-0.25, -0.2) is 9.78 Å². The van der Waals surface area contributed by atoms with Crippen molar-refractivity contribution in [1.29, 1.82) is 0 Å². The summed E-state index contributed by atoms with van der Waals surface area (Å²) in [6.45, 7) is 0.184. The molecule has 2 rings (SSSR count). The number of benzene rings is 1. The number of carbonyl (C=O) groups excluding carboxylic acids is 1. The molecule has 6 heteroatoms. The van der Waals surface area contributed by atoms with Gasteiger partial charge in [-0.05, 0) is 5.56 Å². The van der Waals surface area contributed by atoms with E-state index in [1.807, 2.05) is 30.3 Å². The maximum Gasteiger partial charge on any atom is 0.412 e. The Labute approximate surface area is 120 Å². The molecule has 0 unspecified atom stereocenters. The number of rotatable bonds is 3. The second kappa shape index (κ2) is 6.41. The van der Waals surface area contributed by atoms with Gasteiger partial charge in [0.1, 0.15) is 11.8 Å². The van der Waals surface area contributed by atoms with Crippen molar-refractivity contribution in [3.8, 4) is 0 Å². The van der Waals surface area contributed by atoms with E-state index in [0.717, 1.165) is 5.56 Å². The van der Waals surface area contributed by atoms with Crippen LogP contribution in [0.5, 0.6) is 0 Å². The lowest BCUT2D eigenvalue weighted by molar-refractivity contribution is 0.155. The molecule has 0 spiro atoms. The molecule has 1 aromatic heterocycles. The number of aromatic nitrogens is 1. The van der Waals surface area contributed by atoms with Gasteiger partial charge in [-0.2, -0.15) is 0 Å². The average molecular weight is 297 g/mol. The first-order valence-electron chi connectivity index (χ1n) is 5.44. The van der Waals surface area contributed by atoms with Gasteiger partial charge in [-0.3, -0.25) is 5.32 Å². The van der Waals surface area contributed by atoms with Crippen molar-refractivity contribution in [2.45, 2.75) is 6.61 Å². The zero-order valence-electron chi connectivity index (χ0n) is 9.77. The monoisotopic (exact) mass is 296 g/mol. The van der Waals surface area contributed by atoms with Crippen LogP contribution in [-0.4, -0.2) is 11.1 Å². The quantitative estimate of drug-likeness (QED) is 0.866. The Hall–Kier alpha value is -1.78. The molecule has 0 aliphatic carbocycles. The van der Waals surface area contributed by atoms with Gasteiger partial charge in [0.25, 0.3) is 0 Å². The fraction of sp³-hybridized carbons (Fsp3) is 0.0769. The molecular weight excluding hydrogens is 287 g/mol. The van der Waals surface area contributed by atoms with Crippen molar-refractivity contribution >= 4 is 35.0 Å². The largest absolute Gasteiger partial charge is 0.444 e. The second-order valence-electron chi connectivity index (χ2n) is 3.67. The summed E-state index contributed by atoms with van der Waals surface area (Å²) in [6, 6.07) is 10.8. The zero-order chi connectivity index (χ0) is 13.7. The molecule has 1 N–H and O–H groups in total. The van der Waals surface area contributed by atoms with Crippen molar-refractivity contribution in [2.24, 2.45) is 0 Å². The number of hydrogen-bond donors (Lipinski definition) is 1. The smallest absolute Gasteiger partial charge is 0.412 e. The summed E-state index contributed by atoms with van der Waals surface area (Å²) in [7, 11) is 0. The highest BCUT2D eigenvalue weighted by Crippen LogP contribution is 2.23. The van der Waals surface area contributed by atoms with Gasteiger partial charge < -0.3 is 4.74 Å². The highest BCUT2D eigenvalue weighted by atomic mass is 35.5. The number of amides is 1. The molecule has 1 aromatic carbocycles. The molecule has 2 aromatic rings. The van der Waals surface area contributed by atoms with E-state index in [9.17, 15) is 4.79 Å². The van der Waals surface area contributed by atoms with Gasteiger partial charge in [-0.15, -0.1) is 0 Å². The van der Waals surface area contributed by atoms with E-state index >= 15 is 0 Å². The Kier molecular flexibility index (Phi) is 4.60. The number of hydrogen-bond acceptors (Lipinski definition) is 3. The zero-order valence-corrected chi connectivity index (χ0v) is 11.3. The Bertz CT molecular complexity index is 576. The first-order chi connectivity index (χ1) is 9.15. The van der Waals surface area contributed by atoms with Gasteiger partial charge in [0.2, 0.25) is 0 Å². The maximum atomic E-state index is 11.6. The number of nitrogens with one attached hydrogen (secondary N) is 1. The molecule has 0 atom stereocenters. The Balaban J connectivity index is 1.93. The molecule has 19 heavy (non-hydrogen) atoms. The summed E-state index contributed by atoms with van der Waals surface area (Å²) in [5.74, 6) is 0. The van der Waals surface area contributed by atoms with E-state index in [1.165, 1.54) is 12.3 Å². The van der Waals surface area contributed by atoms with E-state index < -0.39 is 6.09 Å². The molecule has 1 heterocycles. The number of anilines is 1. The summed E-state index contributed by atoms with van der Waals surface area (Å²) >= 11 is 11.6. The fourth-order valence-electron chi connectivity index (χ4n) is 1.38. The van der Waals surface area contributed by atoms with E-state index in [1.54, 1.807) is 0 Å². The van der Waals surface area contributed by atoms with Crippen LogP contribution in [-0.2, 0) is 11.3 Å². The van der Waals surface area contributed by atoms with Crippen LogP contribution in [0.1, 0.15) is 5.56 Å². The maximum absolute atomic E-state index is 11.6. The highest BCUT2D eigenvalue weighted by Gasteiger charge is 2.08. The van der Waals surface area contributed by atoms with Gasteiger partial charge in [0.05, 0.1) is 10.7 Å². The van der Waals surface area contributed by atoms with Crippen LogP contribution >= 0.6 is 23.2 Å². The lowest BCUT2D eigenvalue weighted by Gasteiger charge is -2.08. The molecular formula is C13H10Cl2N2O2. The average Bonchev–Trinajstić information content (AvgIpc) is 2.42. The van der Waals surface area contributed by atoms with Crippen LogP contribution in [0.15, 0.2) is 42.6 Å². The summed E-state index contributed by atoms with van der Waals surface area (Å²) in [5.41, 5.74) is 1.26. The predicted molar refractivity (Wildman–Crippen MR) is 74.5 cm³/mol. The number of pyridine rings is 1. The third-order valence-corrected chi connectivity index (χ3v) is 2.78. The predicted octanol–water partition coefficient (Wildman–Crippen LogP) is 4.14. The third-order valence-electron chi connectivity index (χ3n) is 2.27. The van der Waals surface area contributed by atoms with E-state index in [-0.39, 0.29) is 11.8 Å². The van der Waals surface area contributed by atoms with Crippen molar-refractivity contribution in [1.82, 2.24) is 4.98 Å². The normalized spacial score (nSPS) is 10.0. The van der Waals surface area contributed by atoms with Crippen LogP contribution in [0.4, 0.5) is 10.5 Å². The Morgan fingerprint density at radius 3 is 2.74 bits per heavy atom. The van der Waals surface area contributed by atoms with Gasteiger partial charge in [0, 0.05) is 12.3 Å². The molecule has 0 radical (unpaired) electrons. The summed E-state index contributed by atoms with van der Waals surface area (Å²) in [5, 5.41) is 3.04. The van der Waals surface area contributed by atoms with E-state index in [2.05, 4.69) is 10.3 Å². The van der Waals surface area contributed by atoms with Crippen molar-refractivity contribution in [2.75, 3.05) is 5.32 Å². The first-order valence-corrected chi connectivity index (χ1v) is 6.19. The van der Waals surface area contributed by atoms with Crippen LogP contribution in [0.3, 0.4) is 0 Å². The van der Waals surface area contributed by atoms with Crippen LogP contribution in [0.2, 0.25) is 10.2 Å². The highest BCUT2D eigenvalue weighted by molar-refractivity contribution is 6.34. The number of ether oxygens (including phenoxy) is 1. The van der Waals surface area contributed by atoms with Crippen molar-refractivity contribution in [3.05, 3.63) is 58.3 Å². The molecule has 0 aliphatic rings. The number of carbonyl (C=O) groups is 1. The molecule has 0 saturated heterocycles. The van der Waals surface area contributed by atoms with Crippen molar-refractivity contribution in [3.63, 3.8) is 0 Å². The van der Waals surface area contributed by atoms with Crippen LogP contribution in [0.25, 0.3) is 0 Å². The van der Waals surface area contributed by atoms with E-state index in [4.69, 9.17) is 27.9 Å². The minimum absolute atomic E-state index is 0.184. The summed E-state index contributed by atoms with van der Waals surface area (Å²) in [4.78, 5) is 15.4. The second-order valence-corrected chi connectivity index (χ2v) is 4.47. The molecule has 0 bridgehead atoms. The lowest BCUT2D eigenvalue weighted by atomic mass is 10.2. The summed E-state index contributed by atoms with van der Waals surface area (Å²) < 4.78 is 5.05. The van der Waals surface area contributed by atoms with Gasteiger partial charge >= 0.3 is 6.09 Å². The number of halogens is 2. The standard InChI is InChI=1S/C13H10Cl2N2O2/c14-10-7-16-12(15)6-11(10)17-13(18)19-8-9-4-2-1-3-5-9/h1-7H,8H2,(H,16,17,18). The summed E-state index contributed by atoms with van der Waals surface area (Å²) in [6.07, 6.45) is 0.754. The molecule has 1 amide bonds. The molecule has 4 nitrogen and oxygen atoms in total. The fourth-order valence-corrected chi connectivity index (χ4v) is 1.69. The van der Waals surface area contributed by atoms with Crippen LogP contribution in [0, 0.1) is 0 Å².